The minimum atomic E-state index is -0.288. The number of piperazine rings is 1. The lowest BCUT2D eigenvalue weighted by molar-refractivity contribution is -0.137. The van der Waals surface area contributed by atoms with E-state index in [1.165, 1.54) is 5.56 Å². The Morgan fingerprint density at radius 3 is 2.36 bits per heavy atom. The highest BCUT2D eigenvalue weighted by molar-refractivity contribution is 6.33. The third-order valence-electron chi connectivity index (χ3n) is 5.55. The summed E-state index contributed by atoms with van der Waals surface area (Å²) in [4.78, 5) is 31.4. The predicted molar refractivity (Wildman–Crippen MR) is 110 cm³/mol. The van der Waals surface area contributed by atoms with Crippen molar-refractivity contribution in [3.05, 3.63) is 65.2 Å². The fraction of sp³-hybridized carbons (Fsp3) is 0.364. The number of nitrogens with zero attached hydrogens (tertiary/aromatic N) is 3. The van der Waals surface area contributed by atoms with Gasteiger partial charge in [-0.15, -0.1) is 0 Å². The highest BCUT2D eigenvalue weighted by Gasteiger charge is 2.38. The van der Waals surface area contributed by atoms with Crippen molar-refractivity contribution in [2.24, 2.45) is 5.92 Å². The summed E-state index contributed by atoms with van der Waals surface area (Å²) in [6, 6.07) is 17.7. The Morgan fingerprint density at radius 2 is 1.64 bits per heavy atom. The average molecular weight is 398 g/mol. The Kier molecular flexibility index (Phi) is 5.64. The number of amides is 2. The second-order valence-corrected chi connectivity index (χ2v) is 7.85. The first-order valence-electron chi connectivity index (χ1n) is 9.72. The van der Waals surface area contributed by atoms with Gasteiger partial charge in [0.15, 0.2) is 0 Å². The van der Waals surface area contributed by atoms with Crippen molar-refractivity contribution in [1.29, 1.82) is 0 Å². The molecule has 0 N–H and O–H groups in total. The van der Waals surface area contributed by atoms with E-state index in [1.807, 2.05) is 29.2 Å². The van der Waals surface area contributed by atoms with Gasteiger partial charge in [-0.25, -0.2) is 0 Å². The van der Waals surface area contributed by atoms with Crippen molar-refractivity contribution in [2.45, 2.75) is 13.0 Å². The van der Waals surface area contributed by atoms with E-state index in [2.05, 4.69) is 29.2 Å². The summed E-state index contributed by atoms with van der Waals surface area (Å²) in [6.07, 6.45) is 0.258. The molecule has 2 aromatic rings. The van der Waals surface area contributed by atoms with Crippen LogP contribution in [0.15, 0.2) is 54.6 Å². The molecule has 1 unspecified atom stereocenters. The molecule has 2 fully saturated rings. The smallest absolute Gasteiger partial charge is 0.228 e. The van der Waals surface area contributed by atoms with Gasteiger partial charge in [0.2, 0.25) is 11.8 Å². The van der Waals surface area contributed by atoms with Crippen LogP contribution in [-0.4, -0.2) is 54.3 Å². The number of hydrogen-bond acceptors (Lipinski definition) is 3. The van der Waals surface area contributed by atoms with Crippen LogP contribution in [0.4, 0.5) is 5.69 Å². The third-order valence-corrected chi connectivity index (χ3v) is 5.87. The van der Waals surface area contributed by atoms with Crippen LogP contribution in [0.2, 0.25) is 5.02 Å². The molecule has 5 nitrogen and oxygen atoms in total. The van der Waals surface area contributed by atoms with Crippen LogP contribution in [0.5, 0.6) is 0 Å². The molecule has 0 bridgehead atoms. The van der Waals surface area contributed by atoms with E-state index < -0.39 is 0 Å². The lowest BCUT2D eigenvalue weighted by Gasteiger charge is -2.36. The molecule has 2 aliphatic rings. The first-order valence-corrected chi connectivity index (χ1v) is 10.1. The second kappa shape index (κ2) is 8.33. The minimum Gasteiger partial charge on any atom is -0.340 e. The summed E-state index contributed by atoms with van der Waals surface area (Å²) in [7, 11) is 0. The van der Waals surface area contributed by atoms with Gasteiger partial charge >= 0.3 is 0 Å². The van der Waals surface area contributed by atoms with Gasteiger partial charge in [-0.05, 0) is 17.7 Å². The number of benzene rings is 2. The fourth-order valence-electron chi connectivity index (χ4n) is 4.00. The van der Waals surface area contributed by atoms with Crippen molar-refractivity contribution in [2.75, 3.05) is 37.6 Å². The first-order chi connectivity index (χ1) is 13.6. The largest absolute Gasteiger partial charge is 0.340 e. The summed E-state index contributed by atoms with van der Waals surface area (Å²) >= 11 is 6.23. The van der Waals surface area contributed by atoms with E-state index in [1.54, 1.807) is 11.0 Å². The quantitative estimate of drug-likeness (QED) is 0.796. The second-order valence-electron chi connectivity index (χ2n) is 7.44. The molecule has 2 amide bonds. The molecule has 2 heterocycles. The van der Waals surface area contributed by atoms with Crippen LogP contribution in [0.1, 0.15) is 12.0 Å². The molecule has 0 spiro atoms. The molecule has 28 heavy (non-hydrogen) atoms. The van der Waals surface area contributed by atoms with Crippen LogP contribution in [0.3, 0.4) is 0 Å². The van der Waals surface area contributed by atoms with Crippen molar-refractivity contribution in [3.63, 3.8) is 0 Å². The number of para-hydroxylation sites is 1. The van der Waals surface area contributed by atoms with Gasteiger partial charge < -0.3 is 9.80 Å². The molecular formula is C22H24ClN3O2. The van der Waals surface area contributed by atoms with Gasteiger partial charge in [0.05, 0.1) is 16.6 Å². The maximum Gasteiger partial charge on any atom is 0.228 e. The van der Waals surface area contributed by atoms with Gasteiger partial charge in [-0.1, -0.05) is 54.1 Å². The van der Waals surface area contributed by atoms with E-state index in [-0.39, 0.29) is 24.2 Å². The van der Waals surface area contributed by atoms with Gasteiger partial charge in [0.25, 0.3) is 0 Å². The predicted octanol–water partition coefficient (Wildman–Crippen LogP) is 3.04. The Hall–Kier alpha value is -2.37. The van der Waals surface area contributed by atoms with E-state index in [0.29, 0.717) is 30.3 Å². The van der Waals surface area contributed by atoms with Crippen molar-refractivity contribution < 1.29 is 9.59 Å². The summed E-state index contributed by atoms with van der Waals surface area (Å²) < 4.78 is 0. The molecule has 6 heteroatoms. The fourth-order valence-corrected chi connectivity index (χ4v) is 4.24. The highest BCUT2D eigenvalue weighted by Crippen LogP contribution is 2.31. The van der Waals surface area contributed by atoms with Gasteiger partial charge in [-0.3, -0.25) is 14.5 Å². The Morgan fingerprint density at radius 1 is 0.964 bits per heavy atom. The van der Waals surface area contributed by atoms with E-state index >= 15 is 0 Å². The monoisotopic (exact) mass is 397 g/mol. The third kappa shape index (κ3) is 4.05. The zero-order valence-corrected chi connectivity index (χ0v) is 16.5. The number of anilines is 1. The Labute approximate surface area is 170 Å². The number of hydrogen-bond donors (Lipinski definition) is 0. The van der Waals surface area contributed by atoms with Crippen LogP contribution in [0, 0.1) is 5.92 Å². The number of halogens is 1. The van der Waals surface area contributed by atoms with Crippen LogP contribution in [-0.2, 0) is 16.1 Å². The average Bonchev–Trinajstić information content (AvgIpc) is 3.11. The van der Waals surface area contributed by atoms with E-state index in [4.69, 9.17) is 11.6 Å². The molecule has 1 atom stereocenters. The molecule has 4 rings (SSSR count). The summed E-state index contributed by atoms with van der Waals surface area (Å²) in [6.45, 7) is 4.45. The number of carbonyl (C=O) groups is 2. The van der Waals surface area contributed by atoms with Gasteiger partial charge in [0.1, 0.15) is 0 Å². The lowest BCUT2D eigenvalue weighted by atomic mass is 10.1. The maximum atomic E-state index is 13.0. The van der Waals surface area contributed by atoms with Gasteiger partial charge in [0, 0.05) is 45.7 Å². The molecule has 146 valence electrons. The van der Waals surface area contributed by atoms with Crippen LogP contribution < -0.4 is 4.90 Å². The minimum absolute atomic E-state index is 0.0332. The molecule has 2 saturated heterocycles. The maximum absolute atomic E-state index is 13.0. The molecule has 2 aliphatic heterocycles. The Bertz CT molecular complexity index is 850. The molecular weight excluding hydrogens is 374 g/mol. The normalized spacial score (nSPS) is 20.6. The summed E-state index contributed by atoms with van der Waals surface area (Å²) in [5, 5.41) is 0.540. The standard InChI is InChI=1S/C22H24ClN3O2/c23-19-8-4-5-9-20(19)26-16-18(14-21(26)27)22(28)25-12-10-24(11-13-25)15-17-6-2-1-3-7-17/h1-9,18H,10-16H2. The molecule has 0 saturated carbocycles. The topological polar surface area (TPSA) is 43.9 Å². The molecule has 2 aromatic carbocycles. The first kappa shape index (κ1) is 19.0. The molecule has 0 aliphatic carbocycles. The number of carbonyl (C=O) groups excluding carboxylic acids is 2. The highest BCUT2D eigenvalue weighted by atomic mass is 35.5. The van der Waals surface area contributed by atoms with E-state index in [9.17, 15) is 9.59 Å². The molecule has 0 radical (unpaired) electrons. The van der Waals surface area contributed by atoms with Crippen LogP contribution in [0.25, 0.3) is 0 Å². The SMILES string of the molecule is O=C(C1CC(=O)N(c2ccccc2Cl)C1)N1CCN(Cc2ccccc2)CC1. The van der Waals surface area contributed by atoms with Crippen molar-refractivity contribution in [1.82, 2.24) is 9.80 Å². The van der Waals surface area contributed by atoms with E-state index in [0.717, 1.165) is 19.6 Å². The summed E-state index contributed by atoms with van der Waals surface area (Å²) in [5.41, 5.74) is 1.98. The Balaban J connectivity index is 1.33. The zero-order chi connectivity index (χ0) is 19.5. The summed E-state index contributed by atoms with van der Waals surface area (Å²) in [5.74, 6) is -0.235. The number of rotatable bonds is 4. The zero-order valence-electron chi connectivity index (χ0n) is 15.8. The van der Waals surface area contributed by atoms with Gasteiger partial charge in [-0.2, -0.15) is 0 Å². The van der Waals surface area contributed by atoms with Crippen molar-refractivity contribution in [3.8, 4) is 0 Å². The van der Waals surface area contributed by atoms with Crippen molar-refractivity contribution >= 4 is 29.1 Å². The van der Waals surface area contributed by atoms with Crippen LogP contribution >= 0.6 is 11.6 Å². The lowest BCUT2D eigenvalue weighted by Crippen LogP contribution is -2.50. The molecule has 0 aromatic heterocycles.